The number of carbonyl (C=O) groups excluding carboxylic acids is 1. The van der Waals surface area contributed by atoms with E-state index in [0.29, 0.717) is 24.5 Å². The molecule has 1 rings (SSSR count). The Bertz CT molecular complexity index is 355. The molecule has 3 N–H and O–H groups in total. The average molecular weight is 223 g/mol. The molecule has 1 atom stereocenters. The highest BCUT2D eigenvalue weighted by Crippen LogP contribution is 2.08. The largest absolute Gasteiger partial charge is 0.398 e. The number of nitrogen functional groups attached to an aromatic ring is 1. The van der Waals surface area contributed by atoms with E-state index in [1.807, 2.05) is 13.8 Å². The maximum absolute atomic E-state index is 11.8. The van der Waals surface area contributed by atoms with Crippen LogP contribution in [0.3, 0.4) is 0 Å². The summed E-state index contributed by atoms with van der Waals surface area (Å²) in [5.74, 6) is -0.224. The van der Waals surface area contributed by atoms with Gasteiger partial charge in [-0.15, -0.1) is 0 Å². The fourth-order valence-electron chi connectivity index (χ4n) is 1.23. The van der Waals surface area contributed by atoms with Crippen molar-refractivity contribution in [1.29, 1.82) is 0 Å². The van der Waals surface area contributed by atoms with E-state index in [-0.39, 0.29) is 11.9 Å². The lowest BCUT2D eigenvalue weighted by molar-refractivity contribution is 0.0872. The summed E-state index contributed by atoms with van der Waals surface area (Å²) in [4.78, 5) is 15.6. The highest BCUT2D eigenvalue weighted by Gasteiger charge is 2.12. The number of nitrogens with two attached hydrogens (primary N) is 1. The predicted molar refractivity (Wildman–Crippen MR) is 62.1 cm³/mol. The van der Waals surface area contributed by atoms with Gasteiger partial charge in [0, 0.05) is 30.7 Å². The summed E-state index contributed by atoms with van der Waals surface area (Å²) in [6.45, 7) is 4.91. The number of hydrogen-bond donors (Lipinski definition) is 2. The first-order chi connectivity index (χ1) is 7.65. The van der Waals surface area contributed by atoms with E-state index in [9.17, 15) is 4.79 Å². The highest BCUT2D eigenvalue weighted by molar-refractivity contribution is 5.98. The predicted octanol–water partition coefficient (Wildman–Crippen LogP) is 0.819. The molecule has 1 unspecified atom stereocenters. The number of nitrogens with zero attached hydrogens (tertiary/aromatic N) is 1. The van der Waals surface area contributed by atoms with Gasteiger partial charge in [0.2, 0.25) is 0 Å². The first-order valence-corrected chi connectivity index (χ1v) is 5.23. The van der Waals surface area contributed by atoms with Gasteiger partial charge in [0.1, 0.15) is 0 Å². The number of pyridine rings is 1. The Morgan fingerprint density at radius 1 is 1.69 bits per heavy atom. The molecule has 0 aliphatic carbocycles. The summed E-state index contributed by atoms with van der Waals surface area (Å²) in [5, 5.41) is 2.79. The Morgan fingerprint density at radius 3 is 3.06 bits per heavy atom. The van der Waals surface area contributed by atoms with E-state index in [1.165, 1.54) is 6.20 Å². The molecule has 0 saturated carbocycles. The summed E-state index contributed by atoms with van der Waals surface area (Å²) in [7, 11) is 0. The maximum atomic E-state index is 11.8. The molecule has 5 heteroatoms. The van der Waals surface area contributed by atoms with Crippen molar-refractivity contribution < 1.29 is 9.53 Å². The molecule has 0 spiro atoms. The van der Waals surface area contributed by atoms with Gasteiger partial charge in [-0.2, -0.15) is 0 Å². The van der Waals surface area contributed by atoms with E-state index in [4.69, 9.17) is 10.5 Å². The normalized spacial score (nSPS) is 12.1. The number of anilines is 1. The number of rotatable bonds is 5. The van der Waals surface area contributed by atoms with Crippen molar-refractivity contribution in [3.8, 4) is 0 Å². The number of aromatic nitrogens is 1. The SMILES string of the molecule is CCOCC(C)NC(=O)c1cnccc1N. The quantitative estimate of drug-likeness (QED) is 0.774. The second-order valence-corrected chi connectivity index (χ2v) is 3.50. The lowest BCUT2D eigenvalue weighted by Crippen LogP contribution is -2.36. The van der Waals surface area contributed by atoms with Gasteiger partial charge in [-0.1, -0.05) is 0 Å². The third-order valence-electron chi connectivity index (χ3n) is 2.05. The van der Waals surface area contributed by atoms with E-state index >= 15 is 0 Å². The zero-order valence-corrected chi connectivity index (χ0v) is 9.56. The zero-order chi connectivity index (χ0) is 12.0. The van der Waals surface area contributed by atoms with Crippen LogP contribution in [0.5, 0.6) is 0 Å². The van der Waals surface area contributed by atoms with Crippen LogP contribution in [0.25, 0.3) is 0 Å². The minimum absolute atomic E-state index is 0.0490. The second kappa shape index (κ2) is 6.07. The first kappa shape index (κ1) is 12.4. The smallest absolute Gasteiger partial charge is 0.255 e. The van der Waals surface area contributed by atoms with Gasteiger partial charge in [0.25, 0.3) is 5.91 Å². The Labute approximate surface area is 95.0 Å². The monoisotopic (exact) mass is 223 g/mol. The number of amides is 1. The maximum Gasteiger partial charge on any atom is 0.255 e. The van der Waals surface area contributed by atoms with Gasteiger partial charge in [0.15, 0.2) is 0 Å². The van der Waals surface area contributed by atoms with Gasteiger partial charge >= 0.3 is 0 Å². The third kappa shape index (κ3) is 3.51. The number of ether oxygens (including phenoxy) is 1. The molecule has 1 heterocycles. The van der Waals surface area contributed by atoms with Gasteiger partial charge in [0.05, 0.1) is 12.2 Å². The fourth-order valence-corrected chi connectivity index (χ4v) is 1.23. The van der Waals surface area contributed by atoms with E-state index in [1.54, 1.807) is 12.3 Å². The molecule has 0 aromatic carbocycles. The molecule has 0 aliphatic heterocycles. The van der Waals surface area contributed by atoms with Crippen molar-refractivity contribution in [2.45, 2.75) is 19.9 Å². The molecule has 0 saturated heterocycles. The Morgan fingerprint density at radius 2 is 2.44 bits per heavy atom. The Balaban J connectivity index is 2.56. The minimum Gasteiger partial charge on any atom is -0.398 e. The van der Waals surface area contributed by atoms with Gasteiger partial charge in [-0.25, -0.2) is 0 Å². The molecule has 88 valence electrons. The van der Waals surface area contributed by atoms with Crippen molar-refractivity contribution in [1.82, 2.24) is 10.3 Å². The van der Waals surface area contributed by atoms with Gasteiger partial charge in [-0.05, 0) is 19.9 Å². The van der Waals surface area contributed by atoms with Gasteiger partial charge in [-0.3, -0.25) is 9.78 Å². The summed E-state index contributed by atoms with van der Waals surface area (Å²) < 4.78 is 5.20. The second-order valence-electron chi connectivity index (χ2n) is 3.50. The van der Waals surface area contributed by atoms with Crippen LogP contribution in [0.2, 0.25) is 0 Å². The van der Waals surface area contributed by atoms with Crippen molar-refractivity contribution in [3.05, 3.63) is 24.0 Å². The van der Waals surface area contributed by atoms with Crippen LogP contribution >= 0.6 is 0 Å². The summed E-state index contributed by atoms with van der Waals surface area (Å²) >= 11 is 0. The molecule has 1 amide bonds. The first-order valence-electron chi connectivity index (χ1n) is 5.23. The molecule has 0 radical (unpaired) electrons. The Hall–Kier alpha value is -1.62. The van der Waals surface area contributed by atoms with Crippen LogP contribution in [-0.2, 0) is 4.74 Å². The van der Waals surface area contributed by atoms with Crippen LogP contribution in [0.1, 0.15) is 24.2 Å². The molecule has 1 aromatic heterocycles. The van der Waals surface area contributed by atoms with Crippen molar-refractivity contribution in [2.24, 2.45) is 0 Å². The molecule has 1 aromatic rings. The number of nitrogens with one attached hydrogen (secondary N) is 1. The van der Waals surface area contributed by atoms with Crippen LogP contribution in [0.15, 0.2) is 18.5 Å². The van der Waals surface area contributed by atoms with Crippen LogP contribution in [0, 0.1) is 0 Å². The molecular formula is C11H17N3O2. The summed E-state index contributed by atoms with van der Waals surface area (Å²) in [6, 6.07) is 1.55. The van der Waals surface area contributed by atoms with Gasteiger partial charge < -0.3 is 15.8 Å². The Kier molecular flexibility index (Phi) is 4.72. The molecule has 0 bridgehead atoms. The van der Waals surface area contributed by atoms with Crippen molar-refractivity contribution >= 4 is 11.6 Å². The number of carbonyl (C=O) groups is 1. The molecule has 16 heavy (non-hydrogen) atoms. The van der Waals surface area contributed by atoms with Crippen LogP contribution < -0.4 is 11.1 Å². The van der Waals surface area contributed by atoms with E-state index in [0.717, 1.165) is 0 Å². The summed E-state index contributed by atoms with van der Waals surface area (Å²) in [5.41, 5.74) is 6.49. The molecule has 0 fully saturated rings. The number of hydrogen-bond acceptors (Lipinski definition) is 4. The van der Waals surface area contributed by atoms with E-state index < -0.39 is 0 Å². The fraction of sp³-hybridized carbons (Fsp3) is 0.455. The minimum atomic E-state index is -0.224. The third-order valence-corrected chi connectivity index (χ3v) is 2.05. The standard InChI is InChI=1S/C11H17N3O2/c1-3-16-7-8(2)14-11(15)9-6-13-5-4-10(9)12/h4-6,8H,3,7H2,1-2H3,(H2,12,13)(H,14,15). The van der Waals surface area contributed by atoms with Crippen LogP contribution in [-0.4, -0.2) is 30.1 Å². The lowest BCUT2D eigenvalue weighted by Gasteiger charge is -2.14. The van der Waals surface area contributed by atoms with Crippen LogP contribution in [0.4, 0.5) is 5.69 Å². The van der Waals surface area contributed by atoms with E-state index in [2.05, 4.69) is 10.3 Å². The molecular weight excluding hydrogens is 206 g/mol. The van der Waals surface area contributed by atoms with Crippen molar-refractivity contribution in [3.63, 3.8) is 0 Å². The average Bonchev–Trinajstić information content (AvgIpc) is 2.26. The van der Waals surface area contributed by atoms with Crippen molar-refractivity contribution in [2.75, 3.05) is 18.9 Å². The zero-order valence-electron chi connectivity index (χ0n) is 9.56. The lowest BCUT2D eigenvalue weighted by atomic mass is 10.2. The topological polar surface area (TPSA) is 77.2 Å². The molecule has 5 nitrogen and oxygen atoms in total. The molecule has 0 aliphatic rings. The highest BCUT2D eigenvalue weighted by atomic mass is 16.5. The summed E-state index contributed by atoms with van der Waals surface area (Å²) in [6.07, 6.45) is 3.01.